The Morgan fingerprint density at radius 1 is 0.862 bits per heavy atom. The molecule has 0 saturated heterocycles. The van der Waals surface area contributed by atoms with Crippen molar-refractivity contribution in [3.63, 3.8) is 0 Å². The van der Waals surface area contributed by atoms with Crippen molar-refractivity contribution in [1.82, 2.24) is 4.72 Å². The number of rotatable bonds is 8. The summed E-state index contributed by atoms with van der Waals surface area (Å²) in [6, 6.07) is 14.9. The summed E-state index contributed by atoms with van der Waals surface area (Å²) in [4.78, 5) is 24.3. The van der Waals surface area contributed by atoms with Crippen LogP contribution in [0.1, 0.15) is 55.3 Å². The summed E-state index contributed by atoms with van der Waals surface area (Å²) in [6.45, 7) is 0. The second-order valence-corrected chi connectivity index (χ2v) is 9.03. The van der Waals surface area contributed by atoms with Crippen molar-refractivity contribution in [2.75, 3.05) is 5.32 Å². The van der Waals surface area contributed by atoms with E-state index in [-0.39, 0.29) is 35.5 Å². The summed E-state index contributed by atoms with van der Waals surface area (Å²) in [5.74, 6) is -0.374. The first-order valence-electron chi connectivity index (χ1n) is 9.94. The number of carbonyl (C=O) groups excluding carboxylic acids is 2. The van der Waals surface area contributed by atoms with E-state index in [2.05, 4.69) is 10.0 Å². The predicted octanol–water partition coefficient (Wildman–Crippen LogP) is 3.90. The summed E-state index contributed by atoms with van der Waals surface area (Å²) < 4.78 is 27.8. The number of hydrogen-bond donors (Lipinski definition) is 2. The van der Waals surface area contributed by atoms with Crippen LogP contribution in [0.5, 0.6) is 0 Å². The lowest BCUT2D eigenvalue weighted by molar-refractivity contribution is -0.116. The van der Waals surface area contributed by atoms with Crippen LogP contribution >= 0.6 is 0 Å². The molecule has 6 nitrogen and oxygen atoms in total. The Bertz CT molecular complexity index is 935. The van der Waals surface area contributed by atoms with Crippen LogP contribution in [0.25, 0.3) is 0 Å². The smallest absolute Gasteiger partial charge is 0.240 e. The van der Waals surface area contributed by atoms with Gasteiger partial charge in [-0.3, -0.25) is 9.59 Å². The lowest BCUT2D eigenvalue weighted by Gasteiger charge is -2.22. The average molecular weight is 415 g/mol. The van der Waals surface area contributed by atoms with Crippen molar-refractivity contribution >= 4 is 27.4 Å². The minimum absolute atomic E-state index is 0.00437. The molecule has 1 aliphatic carbocycles. The highest BCUT2D eigenvalue weighted by Gasteiger charge is 2.21. The van der Waals surface area contributed by atoms with Gasteiger partial charge in [-0.25, -0.2) is 13.1 Å². The number of Topliss-reactive ketones (excluding diaryl/α,β-unsaturated/α-hetero) is 1. The Labute approximate surface area is 171 Å². The van der Waals surface area contributed by atoms with Gasteiger partial charge >= 0.3 is 0 Å². The van der Waals surface area contributed by atoms with E-state index in [4.69, 9.17) is 0 Å². The first-order valence-corrected chi connectivity index (χ1v) is 11.4. The van der Waals surface area contributed by atoms with Gasteiger partial charge in [-0.2, -0.15) is 0 Å². The first-order chi connectivity index (χ1) is 13.9. The van der Waals surface area contributed by atoms with Gasteiger partial charge in [0, 0.05) is 30.1 Å². The Balaban J connectivity index is 1.51. The second kappa shape index (κ2) is 9.80. The number of amides is 1. The molecule has 1 amide bonds. The lowest BCUT2D eigenvalue weighted by Crippen LogP contribution is -2.36. The summed E-state index contributed by atoms with van der Waals surface area (Å²) >= 11 is 0. The van der Waals surface area contributed by atoms with E-state index in [1.807, 2.05) is 6.07 Å². The Morgan fingerprint density at radius 3 is 2.17 bits per heavy atom. The summed E-state index contributed by atoms with van der Waals surface area (Å²) in [5.41, 5.74) is 1.08. The molecule has 1 fully saturated rings. The van der Waals surface area contributed by atoms with Crippen LogP contribution < -0.4 is 10.0 Å². The highest BCUT2D eigenvalue weighted by molar-refractivity contribution is 7.89. The van der Waals surface area contributed by atoms with Gasteiger partial charge in [0.2, 0.25) is 15.9 Å². The quantitative estimate of drug-likeness (QED) is 0.641. The van der Waals surface area contributed by atoms with E-state index in [1.165, 1.54) is 12.1 Å². The van der Waals surface area contributed by atoms with Gasteiger partial charge in [0.25, 0.3) is 0 Å². The molecule has 2 aromatic rings. The monoisotopic (exact) mass is 414 g/mol. The number of nitrogens with one attached hydrogen (secondary N) is 2. The molecule has 0 heterocycles. The van der Waals surface area contributed by atoms with Crippen molar-refractivity contribution in [2.45, 2.75) is 55.9 Å². The average Bonchev–Trinajstić information content (AvgIpc) is 2.73. The van der Waals surface area contributed by atoms with Crippen LogP contribution in [0.15, 0.2) is 59.5 Å². The molecule has 0 radical (unpaired) electrons. The molecule has 3 rings (SSSR count). The van der Waals surface area contributed by atoms with Crippen molar-refractivity contribution in [3.05, 3.63) is 60.2 Å². The van der Waals surface area contributed by atoms with Crippen LogP contribution in [-0.2, 0) is 14.8 Å². The number of benzene rings is 2. The van der Waals surface area contributed by atoms with Crippen LogP contribution in [0.3, 0.4) is 0 Å². The van der Waals surface area contributed by atoms with Crippen LogP contribution in [0.2, 0.25) is 0 Å². The third-order valence-corrected chi connectivity index (χ3v) is 6.59. The van der Waals surface area contributed by atoms with E-state index in [1.54, 1.807) is 36.4 Å². The van der Waals surface area contributed by atoms with E-state index >= 15 is 0 Å². The number of hydrogen-bond acceptors (Lipinski definition) is 4. The van der Waals surface area contributed by atoms with Crippen molar-refractivity contribution in [1.29, 1.82) is 0 Å². The number of ketones is 1. The summed E-state index contributed by atoms with van der Waals surface area (Å²) in [6.07, 6.45) is 5.17. The second-order valence-electron chi connectivity index (χ2n) is 7.32. The molecule has 0 spiro atoms. The minimum Gasteiger partial charge on any atom is -0.326 e. The molecule has 0 aliphatic heterocycles. The highest BCUT2D eigenvalue weighted by Crippen LogP contribution is 2.21. The third-order valence-electron chi connectivity index (χ3n) is 5.05. The van der Waals surface area contributed by atoms with E-state index in [0.29, 0.717) is 11.3 Å². The van der Waals surface area contributed by atoms with Crippen LogP contribution in [0.4, 0.5) is 5.69 Å². The zero-order valence-electron chi connectivity index (χ0n) is 16.3. The molecule has 7 heteroatoms. The molecule has 2 N–H and O–H groups in total. The van der Waals surface area contributed by atoms with Gasteiger partial charge in [0.15, 0.2) is 5.78 Å². The maximum atomic E-state index is 12.5. The van der Waals surface area contributed by atoms with Crippen molar-refractivity contribution < 1.29 is 18.0 Å². The molecule has 2 aromatic carbocycles. The Morgan fingerprint density at radius 2 is 1.52 bits per heavy atom. The first kappa shape index (κ1) is 21.2. The summed E-state index contributed by atoms with van der Waals surface area (Å²) in [5, 5.41) is 2.70. The largest absolute Gasteiger partial charge is 0.326 e. The standard InChI is InChI=1S/C22H26N2O4S/c25-21(17-7-3-1-4-8-17)15-16-22(26)23-18-11-13-20(14-12-18)29(27,28)24-19-9-5-2-6-10-19/h1,3-4,7-8,11-14,19,24H,2,5-6,9-10,15-16H2,(H,23,26). The Hall–Kier alpha value is -2.51. The summed E-state index contributed by atoms with van der Waals surface area (Å²) in [7, 11) is -3.56. The van der Waals surface area contributed by atoms with E-state index < -0.39 is 10.0 Å². The topological polar surface area (TPSA) is 92.3 Å². The van der Waals surface area contributed by atoms with Gasteiger partial charge < -0.3 is 5.32 Å². The fourth-order valence-corrected chi connectivity index (χ4v) is 4.75. The minimum atomic E-state index is -3.56. The lowest BCUT2D eigenvalue weighted by atomic mass is 9.96. The molecule has 0 atom stereocenters. The number of sulfonamides is 1. The zero-order chi connectivity index (χ0) is 20.7. The third kappa shape index (κ3) is 6.24. The van der Waals surface area contributed by atoms with Gasteiger partial charge in [-0.05, 0) is 37.1 Å². The van der Waals surface area contributed by atoms with Crippen molar-refractivity contribution in [3.8, 4) is 0 Å². The maximum absolute atomic E-state index is 12.5. The number of carbonyl (C=O) groups is 2. The van der Waals surface area contributed by atoms with Crippen molar-refractivity contribution in [2.24, 2.45) is 0 Å². The number of anilines is 1. The van der Waals surface area contributed by atoms with Gasteiger partial charge in [0.05, 0.1) is 4.90 Å². The van der Waals surface area contributed by atoms with Crippen LogP contribution in [0, 0.1) is 0 Å². The highest BCUT2D eigenvalue weighted by atomic mass is 32.2. The molecule has 154 valence electrons. The fraction of sp³-hybridized carbons (Fsp3) is 0.364. The predicted molar refractivity (Wildman–Crippen MR) is 112 cm³/mol. The van der Waals surface area contributed by atoms with Crippen LogP contribution in [-0.4, -0.2) is 26.2 Å². The van der Waals surface area contributed by atoms with E-state index in [0.717, 1.165) is 32.1 Å². The molecule has 0 bridgehead atoms. The molecule has 1 saturated carbocycles. The molecule has 29 heavy (non-hydrogen) atoms. The van der Waals surface area contributed by atoms with Gasteiger partial charge in [-0.15, -0.1) is 0 Å². The van der Waals surface area contributed by atoms with Gasteiger partial charge in [-0.1, -0.05) is 49.6 Å². The molecule has 1 aliphatic rings. The maximum Gasteiger partial charge on any atom is 0.240 e. The SMILES string of the molecule is O=C(CCC(=O)c1ccccc1)Nc1ccc(S(=O)(=O)NC2CCCCC2)cc1. The Kier molecular flexibility index (Phi) is 7.17. The molecule has 0 unspecified atom stereocenters. The fourth-order valence-electron chi connectivity index (χ4n) is 3.44. The zero-order valence-corrected chi connectivity index (χ0v) is 17.1. The normalized spacial score (nSPS) is 15.0. The van der Waals surface area contributed by atoms with E-state index in [9.17, 15) is 18.0 Å². The molecular formula is C22H26N2O4S. The molecule has 0 aromatic heterocycles. The van der Waals surface area contributed by atoms with Gasteiger partial charge in [0.1, 0.15) is 0 Å². The molecular weight excluding hydrogens is 388 g/mol.